The third-order valence-corrected chi connectivity index (χ3v) is 7.26. The minimum atomic E-state index is -4.71. The summed E-state index contributed by atoms with van der Waals surface area (Å²) in [6.07, 6.45) is -3.11. The highest BCUT2D eigenvalue weighted by Gasteiger charge is 2.35. The largest absolute Gasteiger partial charge is 0.493 e. The molecule has 2 heterocycles. The van der Waals surface area contributed by atoms with Gasteiger partial charge in [-0.25, -0.2) is 0 Å². The van der Waals surface area contributed by atoms with Crippen molar-refractivity contribution < 1.29 is 36.7 Å². The molecule has 0 fully saturated rings. The summed E-state index contributed by atoms with van der Waals surface area (Å²) in [6.45, 7) is 0. The van der Waals surface area contributed by atoms with Gasteiger partial charge in [0.05, 0.1) is 25.3 Å². The highest BCUT2D eigenvalue weighted by Crippen LogP contribution is 2.41. The zero-order valence-corrected chi connectivity index (χ0v) is 24.6. The first-order chi connectivity index (χ1) is 21.2. The van der Waals surface area contributed by atoms with Gasteiger partial charge in [-0.05, 0) is 63.8 Å². The lowest BCUT2D eigenvalue weighted by Gasteiger charge is -2.15. The molecule has 44 heavy (non-hydrogen) atoms. The molecule has 6 rings (SSSR count). The predicted octanol–water partition coefficient (Wildman–Crippen LogP) is 8.89. The molecule has 0 spiro atoms. The van der Waals surface area contributed by atoms with Gasteiger partial charge in [-0.15, -0.1) is 0 Å². The number of amides is 1. The van der Waals surface area contributed by atoms with Crippen LogP contribution < -0.4 is 19.5 Å². The Bertz CT molecular complexity index is 2040. The number of hydrogen-bond donors (Lipinski definition) is 1. The van der Waals surface area contributed by atoms with Crippen LogP contribution in [0, 0.1) is 0 Å². The summed E-state index contributed by atoms with van der Waals surface area (Å²) >= 11 is 3.08. The molecule has 6 aromatic rings. The van der Waals surface area contributed by atoms with E-state index in [4.69, 9.17) is 18.7 Å². The van der Waals surface area contributed by atoms with Crippen molar-refractivity contribution in [2.24, 2.45) is 0 Å². The summed E-state index contributed by atoms with van der Waals surface area (Å²) in [7, 11) is 3.07. The van der Waals surface area contributed by atoms with Gasteiger partial charge in [0.2, 0.25) is 0 Å². The van der Waals surface area contributed by atoms with Gasteiger partial charge in [0.15, 0.2) is 17.3 Å². The predicted molar refractivity (Wildman–Crippen MR) is 161 cm³/mol. The molecular formula is C32H21BrF3N3O5. The van der Waals surface area contributed by atoms with Gasteiger partial charge in [-0.1, -0.05) is 29.4 Å². The van der Waals surface area contributed by atoms with E-state index >= 15 is 0 Å². The Labute approximate surface area is 256 Å². The third-order valence-electron chi connectivity index (χ3n) is 6.88. The number of ether oxygens (including phenoxy) is 3. The number of nitrogens with zero attached hydrogens (tertiary/aromatic N) is 2. The number of alkyl halides is 3. The Hall–Kier alpha value is -5.10. The van der Waals surface area contributed by atoms with Crippen molar-refractivity contribution in [3.05, 3.63) is 101 Å². The van der Waals surface area contributed by atoms with Crippen LogP contribution in [0.5, 0.6) is 23.0 Å². The van der Waals surface area contributed by atoms with Crippen molar-refractivity contribution in [2.75, 3.05) is 19.5 Å². The topological polar surface area (TPSA) is 95.7 Å². The lowest BCUT2D eigenvalue weighted by atomic mass is 10.0. The average molecular weight is 664 g/mol. The molecule has 2 aromatic heterocycles. The van der Waals surface area contributed by atoms with Gasteiger partial charge in [0, 0.05) is 45.9 Å². The summed E-state index contributed by atoms with van der Waals surface area (Å²) in [6, 6.07) is 20.3. The molecule has 1 amide bonds. The number of methoxy groups -OCH3 is 2. The van der Waals surface area contributed by atoms with Crippen molar-refractivity contribution in [1.82, 2.24) is 10.1 Å². The van der Waals surface area contributed by atoms with Gasteiger partial charge in [-0.3, -0.25) is 9.78 Å². The Kier molecular flexibility index (Phi) is 7.60. The molecule has 4 aromatic carbocycles. The Morgan fingerprint density at radius 3 is 2.30 bits per heavy atom. The number of hydrogen-bond acceptors (Lipinski definition) is 7. The first-order valence-corrected chi connectivity index (χ1v) is 13.8. The maximum absolute atomic E-state index is 14.0. The van der Waals surface area contributed by atoms with Crippen LogP contribution >= 0.6 is 15.9 Å². The van der Waals surface area contributed by atoms with Gasteiger partial charge >= 0.3 is 6.18 Å². The average Bonchev–Trinajstić information content (AvgIpc) is 3.45. The molecule has 0 unspecified atom stereocenters. The van der Waals surface area contributed by atoms with E-state index in [9.17, 15) is 18.0 Å². The van der Waals surface area contributed by atoms with E-state index in [0.29, 0.717) is 44.7 Å². The number of pyridine rings is 1. The van der Waals surface area contributed by atoms with Crippen molar-refractivity contribution in [3.8, 4) is 34.3 Å². The second-order valence-electron chi connectivity index (χ2n) is 9.52. The third kappa shape index (κ3) is 5.51. The molecule has 0 aliphatic heterocycles. The van der Waals surface area contributed by atoms with E-state index in [0.717, 1.165) is 6.07 Å². The number of halogens is 4. The lowest BCUT2D eigenvalue weighted by molar-refractivity contribution is -0.137. The van der Waals surface area contributed by atoms with E-state index in [1.165, 1.54) is 32.4 Å². The monoisotopic (exact) mass is 663 g/mol. The number of rotatable bonds is 7. The first-order valence-electron chi connectivity index (χ1n) is 13.0. The lowest BCUT2D eigenvalue weighted by Crippen LogP contribution is -2.14. The van der Waals surface area contributed by atoms with Crippen LogP contribution in [-0.4, -0.2) is 30.3 Å². The minimum Gasteiger partial charge on any atom is -0.493 e. The highest BCUT2D eigenvalue weighted by atomic mass is 79.9. The van der Waals surface area contributed by atoms with E-state index in [1.54, 1.807) is 60.8 Å². The van der Waals surface area contributed by atoms with E-state index in [1.807, 2.05) is 0 Å². The van der Waals surface area contributed by atoms with Gasteiger partial charge < -0.3 is 24.1 Å². The zero-order chi connectivity index (χ0) is 31.0. The van der Waals surface area contributed by atoms with Gasteiger partial charge in [-0.2, -0.15) is 13.2 Å². The molecule has 222 valence electrons. The van der Waals surface area contributed by atoms with Crippen molar-refractivity contribution in [3.63, 3.8) is 0 Å². The number of carbonyl (C=O) groups excluding carboxylic acids is 1. The van der Waals surface area contributed by atoms with Crippen molar-refractivity contribution in [2.45, 2.75) is 6.18 Å². The Balaban J connectivity index is 1.34. The summed E-state index contributed by atoms with van der Waals surface area (Å²) in [5.41, 5.74) is -0.357. The van der Waals surface area contributed by atoms with Crippen LogP contribution in [0.15, 0.2) is 94.2 Å². The second-order valence-corrected chi connectivity index (χ2v) is 10.3. The Morgan fingerprint density at radius 1 is 0.841 bits per heavy atom. The van der Waals surface area contributed by atoms with Crippen LogP contribution in [0.2, 0.25) is 0 Å². The molecule has 0 radical (unpaired) electrons. The fraction of sp³-hybridized carbons (Fsp3) is 0.0938. The number of anilines is 1. The maximum Gasteiger partial charge on any atom is 0.417 e. The van der Waals surface area contributed by atoms with Crippen molar-refractivity contribution >= 4 is 49.2 Å². The molecule has 0 bridgehead atoms. The molecular weight excluding hydrogens is 643 g/mol. The number of fused-ring (bicyclic) bond motifs is 2. The number of nitrogens with one attached hydrogen (secondary N) is 1. The molecule has 0 aliphatic carbocycles. The standard InChI is InChI=1S/C32H21BrF3N3O5/c1-41-28-14-22-24(15-29(28)42-2)37-12-11-26(22)43-25-8-4-5-18-19(25)6-3-7-20(18)31(40)38-17-9-10-21(23(13-17)32(34,35)36)27-16-30(33)39-44-27/h3-16H,1-2H3,(H,38,40). The van der Waals surface area contributed by atoms with E-state index in [2.05, 4.69) is 31.4 Å². The quantitative estimate of drug-likeness (QED) is 0.182. The van der Waals surface area contributed by atoms with Gasteiger partial charge in [0.1, 0.15) is 16.1 Å². The summed E-state index contributed by atoms with van der Waals surface area (Å²) in [5, 5.41) is 8.03. The Morgan fingerprint density at radius 2 is 1.57 bits per heavy atom. The van der Waals surface area contributed by atoms with Crippen LogP contribution in [0.3, 0.4) is 0 Å². The molecule has 0 saturated carbocycles. The van der Waals surface area contributed by atoms with E-state index in [-0.39, 0.29) is 27.2 Å². The highest BCUT2D eigenvalue weighted by molar-refractivity contribution is 9.10. The SMILES string of the molecule is COc1cc2nccc(Oc3cccc4c(C(=O)Nc5ccc(-c6cc(Br)no6)c(C(F)(F)F)c5)cccc34)c2cc1OC. The van der Waals surface area contributed by atoms with Gasteiger partial charge in [0.25, 0.3) is 5.91 Å². The summed E-state index contributed by atoms with van der Waals surface area (Å²) < 4.78 is 64.3. The maximum atomic E-state index is 14.0. The first kappa shape index (κ1) is 29.0. The van der Waals surface area contributed by atoms with E-state index < -0.39 is 17.6 Å². The molecule has 8 nitrogen and oxygen atoms in total. The molecule has 12 heteroatoms. The number of aromatic nitrogens is 2. The number of carbonyl (C=O) groups is 1. The normalized spacial score (nSPS) is 11.5. The van der Waals surface area contributed by atoms with Crippen LogP contribution in [0.25, 0.3) is 33.0 Å². The summed E-state index contributed by atoms with van der Waals surface area (Å²) in [5.74, 6) is 1.32. The summed E-state index contributed by atoms with van der Waals surface area (Å²) in [4.78, 5) is 17.8. The van der Waals surface area contributed by atoms with Crippen LogP contribution in [0.4, 0.5) is 18.9 Å². The van der Waals surface area contributed by atoms with Crippen LogP contribution in [-0.2, 0) is 6.18 Å². The van der Waals surface area contributed by atoms with Crippen LogP contribution in [0.1, 0.15) is 15.9 Å². The van der Waals surface area contributed by atoms with Crippen molar-refractivity contribution in [1.29, 1.82) is 0 Å². The number of benzene rings is 4. The molecule has 0 aliphatic rings. The molecule has 0 atom stereocenters. The second kappa shape index (κ2) is 11.5. The fourth-order valence-electron chi connectivity index (χ4n) is 4.87. The minimum absolute atomic E-state index is 0.0401. The molecule has 1 N–H and O–H groups in total. The fourth-order valence-corrected chi connectivity index (χ4v) is 5.15. The zero-order valence-electron chi connectivity index (χ0n) is 23.0. The smallest absolute Gasteiger partial charge is 0.417 e. The molecule has 0 saturated heterocycles.